The maximum absolute atomic E-state index is 12.9. The molecule has 0 aliphatic carbocycles. The number of fused-ring (bicyclic) bond motifs is 1. The molecule has 1 aromatic heterocycles. The number of para-hydroxylation sites is 1. The third-order valence-corrected chi connectivity index (χ3v) is 5.09. The monoisotopic (exact) mass is 379 g/mol. The molecule has 1 aliphatic heterocycles. The third-order valence-electron chi connectivity index (χ3n) is 5.09. The highest BCUT2D eigenvalue weighted by Gasteiger charge is 2.24. The first-order valence-electron chi connectivity index (χ1n) is 9.51. The second-order valence-electron chi connectivity index (χ2n) is 6.99. The van der Waals surface area contributed by atoms with E-state index >= 15 is 0 Å². The lowest BCUT2D eigenvalue weighted by Crippen LogP contribution is -3.14. The number of quaternary nitrogens is 1. The lowest BCUT2D eigenvalue weighted by molar-refractivity contribution is -0.909. The van der Waals surface area contributed by atoms with Crippen molar-refractivity contribution in [2.45, 2.75) is 6.04 Å². The van der Waals surface area contributed by atoms with Crippen LogP contribution in [0.3, 0.4) is 0 Å². The van der Waals surface area contributed by atoms with E-state index in [1.54, 1.807) is 18.2 Å². The standard InChI is InChI=1S/C22H22N2O4/c25-21(18-14-17-8-4-5-9-20(17)28-22(18)26)23-19(16-6-2-1-3-7-16)15-24-10-12-27-13-11-24/h1-9,14,19H,10-13,15H2,(H,23,25)/p+1/t19-/m0/s1. The van der Waals surface area contributed by atoms with Crippen LogP contribution in [0.2, 0.25) is 0 Å². The Labute approximate surface area is 162 Å². The van der Waals surface area contributed by atoms with Gasteiger partial charge >= 0.3 is 5.63 Å². The van der Waals surface area contributed by atoms with Crippen molar-refractivity contribution in [1.29, 1.82) is 0 Å². The Morgan fingerprint density at radius 3 is 2.54 bits per heavy atom. The molecule has 0 spiro atoms. The number of carbonyl (C=O) groups is 1. The highest BCUT2D eigenvalue weighted by atomic mass is 16.5. The van der Waals surface area contributed by atoms with Gasteiger partial charge in [0, 0.05) is 5.39 Å². The molecule has 2 heterocycles. The summed E-state index contributed by atoms with van der Waals surface area (Å²) < 4.78 is 10.7. The number of hydrogen-bond acceptors (Lipinski definition) is 4. The molecule has 1 aliphatic rings. The predicted octanol–water partition coefficient (Wildman–Crippen LogP) is 1.18. The summed E-state index contributed by atoms with van der Waals surface area (Å²) in [5.74, 6) is -0.416. The minimum Gasteiger partial charge on any atom is -0.422 e. The molecular weight excluding hydrogens is 356 g/mol. The zero-order chi connectivity index (χ0) is 19.3. The number of hydrogen-bond donors (Lipinski definition) is 2. The van der Waals surface area contributed by atoms with Crippen molar-refractivity contribution in [3.8, 4) is 0 Å². The van der Waals surface area contributed by atoms with Gasteiger partial charge in [0.1, 0.15) is 36.8 Å². The van der Waals surface area contributed by atoms with E-state index in [0.29, 0.717) is 5.58 Å². The van der Waals surface area contributed by atoms with Crippen LogP contribution in [0.1, 0.15) is 22.0 Å². The van der Waals surface area contributed by atoms with Gasteiger partial charge in [0.25, 0.3) is 5.91 Å². The number of morpholine rings is 1. The SMILES string of the molecule is O=C(N[C@@H](C[NH+]1CCOCC1)c1ccccc1)c1cc2ccccc2oc1=O. The van der Waals surface area contributed by atoms with Gasteiger partial charge in [0.2, 0.25) is 0 Å². The average Bonchev–Trinajstić information content (AvgIpc) is 2.74. The van der Waals surface area contributed by atoms with E-state index in [1.165, 1.54) is 4.90 Å². The first-order valence-corrected chi connectivity index (χ1v) is 9.51. The number of amides is 1. The van der Waals surface area contributed by atoms with Crippen molar-refractivity contribution >= 4 is 16.9 Å². The van der Waals surface area contributed by atoms with E-state index in [-0.39, 0.29) is 11.6 Å². The van der Waals surface area contributed by atoms with Crippen molar-refractivity contribution in [2.75, 3.05) is 32.8 Å². The molecule has 1 atom stereocenters. The summed E-state index contributed by atoms with van der Waals surface area (Å²) in [6.07, 6.45) is 0. The van der Waals surface area contributed by atoms with Gasteiger partial charge in [-0.2, -0.15) is 0 Å². The molecule has 0 unspecified atom stereocenters. The van der Waals surface area contributed by atoms with Gasteiger partial charge in [-0.1, -0.05) is 48.5 Å². The fourth-order valence-electron chi connectivity index (χ4n) is 3.55. The number of nitrogens with one attached hydrogen (secondary N) is 2. The van der Waals surface area contributed by atoms with Crippen molar-refractivity contribution < 1.29 is 18.8 Å². The van der Waals surface area contributed by atoms with E-state index in [1.807, 2.05) is 42.5 Å². The van der Waals surface area contributed by atoms with E-state index in [9.17, 15) is 9.59 Å². The summed E-state index contributed by atoms with van der Waals surface area (Å²) in [5.41, 5.74) is 0.889. The Kier molecular flexibility index (Phi) is 5.50. The van der Waals surface area contributed by atoms with Gasteiger partial charge in [0.15, 0.2) is 0 Å². The quantitative estimate of drug-likeness (QED) is 0.653. The van der Waals surface area contributed by atoms with Crippen LogP contribution in [0, 0.1) is 0 Å². The molecule has 1 fully saturated rings. The summed E-state index contributed by atoms with van der Waals surface area (Å²) in [6, 6.07) is 18.4. The molecule has 2 aromatic carbocycles. The van der Waals surface area contributed by atoms with E-state index < -0.39 is 11.5 Å². The Bertz CT molecular complexity index is 1010. The number of ether oxygens (including phenoxy) is 1. The number of rotatable bonds is 5. The van der Waals surface area contributed by atoms with Crippen LogP contribution in [-0.4, -0.2) is 38.8 Å². The molecule has 144 valence electrons. The van der Waals surface area contributed by atoms with Crippen molar-refractivity contribution in [1.82, 2.24) is 5.32 Å². The molecule has 3 aromatic rings. The molecular formula is C22H23N2O4+. The zero-order valence-corrected chi connectivity index (χ0v) is 15.5. The minimum absolute atomic E-state index is 0.0246. The highest BCUT2D eigenvalue weighted by molar-refractivity contribution is 5.96. The fraction of sp³-hybridized carbons (Fsp3) is 0.273. The molecule has 0 saturated carbocycles. The molecule has 0 bridgehead atoms. The highest BCUT2D eigenvalue weighted by Crippen LogP contribution is 2.15. The fourth-order valence-corrected chi connectivity index (χ4v) is 3.55. The normalized spacial score (nSPS) is 16.0. The number of carbonyl (C=O) groups excluding carboxylic acids is 1. The van der Waals surface area contributed by atoms with Crippen molar-refractivity contribution in [3.63, 3.8) is 0 Å². The lowest BCUT2D eigenvalue weighted by Gasteiger charge is -2.28. The summed E-state index contributed by atoms with van der Waals surface area (Å²) in [5, 5.41) is 3.77. The van der Waals surface area contributed by atoms with Gasteiger partial charge in [-0.25, -0.2) is 4.79 Å². The maximum atomic E-state index is 12.9. The van der Waals surface area contributed by atoms with Crippen LogP contribution in [0.15, 0.2) is 69.9 Å². The van der Waals surface area contributed by atoms with Crippen LogP contribution in [-0.2, 0) is 4.74 Å². The Morgan fingerprint density at radius 1 is 1.04 bits per heavy atom. The smallest absolute Gasteiger partial charge is 0.349 e. The predicted molar refractivity (Wildman–Crippen MR) is 106 cm³/mol. The summed E-state index contributed by atoms with van der Waals surface area (Å²) in [6.45, 7) is 3.98. The van der Waals surface area contributed by atoms with Crippen molar-refractivity contribution in [2.24, 2.45) is 0 Å². The number of benzene rings is 2. The first kappa shape index (κ1) is 18.4. The zero-order valence-electron chi connectivity index (χ0n) is 15.5. The van der Waals surface area contributed by atoms with Crippen LogP contribution in [0.25, 0.3) is 11.0 Å². The second kappa shape index (κ2) is 8.37. The first-order chi connectivity index (χ1) is 13.7. The summed E-state index contributed by atoms with van der Waals surface area (Å²) >= 11 is 0. The summed E-state index contributed by atoms with van der Waals surface area (Å²) in [4.78, 5) is 26.6. The van der Waals surface area contributed by atoms with Gasteiger partial charge in [-0.15, -0.1) is 0 Å². The molecule has 4 rings (SSSR count). The largest absolute Gasteiger partial charge is 0.422 e. The molecule has 1 saturated heterocycles. The van der Waals surface area contributed by atoms with Gasteiger partial charge in [-0.05, 0) is 17.7 Å². The van der Waals surface area contributed by atoms with Crippen LogP contribution in [0.5, 0.6) is 0 Å². The molecule has 6 nitrogen and oxygen atoms in total. The van der Waals surface area contributed by atoms with Crippen LogP contribution < -0.4 is 15.8 Å². The topological polar surface area (TPSA) is 73.0 Å². The minimum atomic E-state index is -0.623. The molecule has 6 heteroatoms. The van der Waals surface area contributed by atoms with Crippen LogP contribution in [0.4, 0.5) is 0 Å². The molecule has 28 heavy (non-hydrogen) atoms. The second-order valence-corrected chi connectivity index (χ2v) is 6.99. The van der Waals surface area contributed by atoms with Gasteiger partial charge < -0.3 is 19.4 Å². The molecule has 1 amide bonds. The Hall–Kier alpha value is -2.96. The Balaban J connectivity index is 1.59. The third kappa shape index (κ3) is 4.13. The van der Waals surface area contributed by atoms with Gasteiger partial charge in [-0.3, -0.25) is 4.79 Å². The lowest BCUT2D eigenvalue weighted by atomic mass is 10.1. The van der Waals surface area contributed by atoms with E-state index in [4.69, 9.17) is 9.15 Å². The van der Waals surface area contributed by atoms with E-state index in [2.05, 4.69) is 5.32 Å². The summed E-state index contributed by atoms with van der Waals surface area (Å²) in [7, 11) is 0. The Morgan fingerprint density at radius 2 is 1.75 bits per heavy atom. The van der Waals surface area contributed by atoms with Crippen molar-refractivity contribution in [3.05, 3.63) is 82.2 Å². The van der Waals surface area contributed by atoms with E-state index in [0.717, 1.165) is 43.8 Å². The molecule has 2 N–H and O–H groups in total. The molecule has 0 radical (unpaired) electrons. The maximum Gasteiger partial charge on any atom is 0.349 e. The van der Waals surface area contributed by atoms with Gasteiger partial charge in [0.05, 0.1) is 13.2 Å². The average molecular weight is 379 g/mol. The van der Waals surface area contributed by atoms with Crippen LogP contribution >= 0.6 is 0 Å².